The topological polar surface area (TPSA) is 71.2 Å². The molecule has 0 aliphatic rings. The smallest absolute Gasteiger partial charge is 0.330 e. The molecule has 0 saturated heterocycles. The molecule has 0 spiro atoms. The molecular formula is C17H22N2O3. The highest BCUT2D eigenvalue weighted by Gasteiger charge is 2.30. The fraction of sp³-hybridized carbons (Fsp3) is 0.412. The van der Waals surface area contributed by atoms with Crippen LogP contribution in [-0.2, 0) is 20.7 Å². The molecule has 0 unspecified atom stereocenters. The lowest BCUT2D eigenvalue weighted by atomic mass is 10.0. The van der Waals surface area contributed by atoms with Crippen LogP contribution in [0.1, 0.15) is 32.3 Å². The van der Waals surface area contributed by atoms with E-state index >= 15 is 0 Å². The molecule has 5 nitrogen and oxygen atoms in total. The predicted octanol–water partition coefficient (Wildman–Crippen LogP) is 2.56. The number of amides is 1. The number of hydrogen-bond acceptors (Lipinski definition) is 3. The van der Waals surface area contributed by atoms with Crippen molar-refractivity contribution in [2.45, 2.75) is 38.6 Å². The van der Waals surface area contributed by atoms with Gasteiger partial charge in [-0.15, -0.1) is 0 Å². The van der Waals surface area contributed by atoms with Crippen LogP contribution in [0.15, 0.2) is 30.5 Å². The summed E-state index contributed by atoms with van der Waals surface area (Å²) in [7, 11) is 1.31. The molecule has 1 amide bonds. The monoisotopic (exact) mass is 302 g/mol. The molecule has 118 valence electrons. The minimum atomic E-state index is -0.993. The molecule has 2 aromatic rings. The van der Waals surface area contributed by atoms with Gasteiger partial charge in [-0.1, -0.05) is 18.2 Å². The van der Waals surface area contributed by atoms with Crippen LogP contribution in [0.3, 0.4) is 0 Å². The third kappa shape index (κ3) is 3.67. The van der Waals surface area contributed by atoms with E-state index in [1.165, 1.54) is 18.1 Å². The number of rotatable bonds is 6. The maximum atomic E-state index is 11.9. The highest BCUT2D eigenvalue weighted by Crippen LogP contribution is 2.19. The highest BCUT2D eigenvalue weighted by atomic mass is 16.5. The van der Waals surface area contributed by atoms with Gasteiger partial charge in [0.2, 0.25) is 5.91 Å². The van der Waals surface area contributed by atoms with E-state index in [-0.39, 0.29) is 5.91 Å². The average Bonchev–Trinajstić information content (AvgIpc) is 2.89. The first-order valence-electron chi connectivity index (χ1n) is 7.38. The zero-order valence-electron chi connectivity index (χ0n) is 13.2. The number of benzene rings is 1. The summed E-state index contributed by atoms with van der Waals surface area (Å²) in [6, 6.07) is 8.10. The summed E-state index contributed by atoms with van der Waals surface area (Å²) in [6.45, 7) is 3.27. The van der Waals surface area contributed by atoms with Crippen molar-refractivity contribution in [1.82, 2.24) is 10.3 Å². The first-order valence-corrected chi connectivity index (χ1v) is 7.38. The van der Waals surface area contributed by atoms with Crippen LogP contribution in [0, 0.1) is 0 Å². The van der Waals surface area contributed by atoms with Crippen LogP contribution < -0.4 is 5.32 Å². The van der Waals surface area contributed by atoms with Crippen LogP contribution in [0.25, 0.3) is 10.9 Å². The summed E-state index contributed by atoms with van der Waals surface area (Å²) in [4.78, 5) is 26.7. The molecule has 0 bridgehead atoms. The molecule has 2 rings (SSSR count). The Kier molecular flexibility index (Phi) is 4.85. The second-order valence-corrected chi connectivity index (χ2v) is 5.88. The van der Waals surface area contributed by atoms with Gasteiger partial charge in [-0.2, -0.15) is 0 Å². The fourth-order valence-electron chi connectivity index (χ4n) is 2.50. The molecule has 0 aliphatic carbocycles. The summed E-state index contributed by atoms with van der Waals surface area (Å²) in [5, 5.41) is 3.90. The number of ether oxygens (including phenoxy) is 1. The quantitative estimate of drug-likeness (QED) is 0.806. The Morgan fingerprint density at radius 3 is 2.73 bits per heavy atom. The van der Waals surface area contributed by atoms with Gasteiger partial charge in [0.25, 0.3) is 0 Å². The molecule has 0 aliphatic heterocycles. The number of H-pyrrole nitrogens is 1. The number of aryl methyl sites for hydroxylation is 1. The van der Waals surface area contributed by atoms with Crippen LogP contribution in [-0.4, -0.2) is 29.5 Å². The molecule has 0 fully saturated rings. The van der Waals surface area contributed by atoms with Crippen LogP contribution >= 0.6 is 0 Å². The van der Waals surface area contributed by atoms with Gasteiger partial charge < -0.3 is 15.0 Å². The number of aromatic amines is 1. The number of esters is 1. The highest BCUT2D eigenvalue weighted by molar-refractivity contribution is 5.87. The van der Waals surface area contributed by atoms with Crippen molar-refractivity contribution >= 4 is 22.8 Å². The molecule has 22 heavy (non-hydrogen) atoms. The van der Waals surface area contributed by atoms with E-state index in [9.17, 15) is 9.59 Å². The van der Waals surface area contributed by atoms with Crippen molar-refractivity contribution in [3.05, 3.63) is 36.0 Å². The summed E-state index contributed by atoms with van der Waals surface area (Å²) in [6.07, 6.45) is 3.90. The van der Waals surface area contributed by atoms with Crippen molar-refractivity contribution in [2.75, 3.05) is 7.11 Å². The number of hydrogen-bond donors (Lipinski definition) is 2. The van der Waals surface area contributed by atoms with Crippen LogP contribution in [0.5, 0.6) is 0 Å². The van der Waals surface area contributed by atoms with E-state index < -0.39 is 11.5 Å². The summed E-state index contributed by atoms with van der Waals surface area (Å²) < 4.78 is 4.67. The van der Waals surface area contributed by atoms with Crippen molar-refractivity contribution < 1.29 is 14.3 Å². The van der Waals surface area contributed by atoms with E-state index in [1.54, 1.807) is 13.8 Å². The third-order valence-corrected chi connectivity index (χ3v) is 3.67. The first-order chi connectivity index (χ1) is 10.4. The fourth-order valence-corrected chi connectivity index (χ4v) is 2.50. The molecule has 0 saturated carbocycles. The molecule has 1 aromatic carbocycles. The molecule has 0 radical (unpaired) electrons. The van der Waals surface area contributed by atoms with Gasteiger partial charge in [0.15, 0.2) is 0 Å². The first kappa shape index (κ1) is 16.1. The Morgan fingerprint density at radius 1 is 1.27 bits per heavy atom. The second-order valence-electron chi connectivity index (χ2n) is 5.88. The predicted molar refractivity (Wildman–Crippen MR) is 85.5 cm³/mol. The zero-order chi connectivity index (χ0) is 16.2. The van der Waals surface area contributed by atoms with Gasteiger partial charge >= 0.3 is 5.97 Å². The van der Waals surface area contributed by atoms with Gasteiger partial charge in [0.05, 0.1) is 7.11 Å². The number of nitrogens with one attached hydrogen (secondary N) is 2. The number of carbonyl (C=O) groups is 2. The lowest BCUT2D eigenvalue weighted by Crippen LogP contribution is -2.50. The Morgan fingerprint density at radius 2 is 2.00 bits per heavy atom. The summed E-state index contributed by atoms with van der Waals surface area (Å²) in [5.74, 6) is -0.590. The van der Waals surface area contributed by atoms with Crippen molar-refractivity contribution in [2.24, 2.45) is 0 Å². The minimum Gasteiger partial charge on any atom is -0.467 e. The number of fused-ring (bicyclic) bond motifs is 1. The molecule has 1 heterocycles. The average molecular weight is 302 g/mol. The zero-order valence-corrected chi connectivity index (χ0v) is 13.2. The van der Waals surface area contributed by atoms with Crippen LogP contribution in [0.2, 0.25) is 0 Å². The summed E-state index contributed by atoms with van der Waals surface area (Å²) in [5.41, 5.74) is 1.32. The maximum Gasteiger partial charge on any atom is 0.330 e. The Bertz CT molecular complexity index is 673. The van der Waals surface area contributed by atoms with Gasteiger partial charge in [-0.05, 0) is 38.3 Å². The Balaban J connectivity index is 1.86. The van der Waals surface area contributed by atoms with E-state index in [0.717, 1.165) is 18.4 Å². The van der Waals surface area contributed by atoms with Crippen molar-refractivity contribution in [3.8, 4) is 0 Å². The largest absolute Gasteiger partial charge is 0.467 e. The van der Waals surface area contributed by atoms with Gasteiger partial charge in [-0.3, -0.25) is 4.79 Å². The number of methoxy groups -OCH3 is 1. The molecule has 2 N–H and O–H groups in total. The SMILES string of the molecule is COC(=O)C(C)(C)NC(=O)CCCc1c[nH]c2ccccc12. The van der Waals surface area contributed by atoms with Gasteiger partial charge in [-0.25, -0.2) is 4.79 Å². The van der Waals surface area contributed by atoms with E-state index in [2.05, 4.69) is 21.1 Å². The van der Waals surface area contributed by atoms with Crippen molar-refractivity contribution in [1.29, 1.82) is 0 Å². The molecule has 0 atom stereocenters. The van der Waals surface area contributed by atoms with Gasteiger partial charge in [0, 0.05) is 23.5 Å². The lowest BCUT2D eigenvalue weighted by Gasteiger charge is -2.23. The number of para-hydroxylation sites is 1. The molecule has 5 heteroatoms. The molecular weight excluding hydrogens is 280 g/mol. The Labute approximate surface area is 130 Å². The second kappa shape index (κ2) is 6.64. The van der Waals surface area contributed by atoms with E-state index in [0.29, 0.717) is 6.42 Å². The standard InChI is InChI=1S/C17H22N2O3/c1-17(2,16(21)22-3)19-15(20)10-6-7-12-11-18-14-9-5-4-8-13(12)14/h4-5,8-9,11,18H,6-7,10H2,1-3H3,(H,19,20). The number of carbonyl (C=O) groups excluding carboxylic acids is 2. The lowest BCUT2D eigenvalue weighted by molar-refractivity contribution is -0.149. The van der Waals surface area contributed by atoms with Gasteiger partial charge in [0.1, 0.15) is 5.54 Å². The minimum absolute atomic E-state index is 0.143. The molecule has 1 aromatic heterocycles. The summed E-state index contributed by atoms with van der Waals surface area (Å²) >= 11 is 0. The van der Waals surface area contributed by atoms with Crippen LogP contribution in [0.4, 0.5) is 0 Å². The third-order valence-electron chi connectivity index (χ3n) is 3.67. The van der Waals surface area contributed by atoms with E-state index in [4.69, 9.17) is 0 Å². The van der Waals surface area contributed by atoms with E-state index in [1.807, 2.05) is 24.4 Å². The van der Waals surface area contributed by atoms with Crippen molar-refractivity contribution in [3.63, 3.8) is 0 Å². The maximum absolute atomic E-state index is 11.9. The normalized spacial score (nSPS) is 11.4. The Hall–Kier alpha value is -2.30. The number of aromatic nitrogens is 1.